The fourth-order valence-electron chi connectivity index (χ4n) is 2.71. The molecule has 0 spiro atoms. The molecule has 2 aromatic rings. The van der Waals surface area contributed by atoms with Crippen molar-refractivity contribution >= 4 is 22.8 Å². The summed E-state index contributed by atoms with van der Waals surface area (Å²) in [6, 6.07) is 4.96. The van der Waals surface area contributed by atoms with Crippen molar-refractivity contribution in [3.8, 4) is 5.75 Å². The van der Waals surface area contributed by atoms with Crippen LogP contribution in [0.1, 0.15) is 12.8 Å². The van der Waals surface area contributed by atoms with Crippen LogP contribution < -0.4 is 9.64 Å². The van der Waals surface area contributed by atoms with Gasteiger partial charge in [-0.25, -0.2) is 4.79 Å². The molecule has 1 aromatic carbocycles. The number of aromatic amines is 1. The minimum absolute atomic E-state index is 0.0385. The predicted octanol–water partition coefficient (Wildman–Crippen LogP) is 3.26. The number of benzene rings is 1. The first kappa shape index (κ1) is 18.3. The highest BCUT2D eigenvalue weighted by atomic mass is 19.4. The van der Waals surface area contributed by atoms with Crippen molar-refractivity contribution in [1.29, 1.82) is 0 Å². The lowest BCUT2D eigenvalue weighted by Crippen LogP contribution is -2.26. The quantitative estimate of drug-likeness (QED) is 0.754. The summed E-state index contributed by atoms with van der Waals surface area (Å²) >= 11 is 0. The second-order valence-electron chi connectivity index (χ2n) is 5.89. The number of hydrogen-bond acceptors (Lipinski definition) is 5. The molecular weight excluding hydrogens is 355 g/mol. The number of carbonyl (C=O) groups is 1. The predicted molar refractivity (Wildman–Crippen MR) is 86.4 cm³/mol. The highest BCUT2D eigenvalue weighted by Gasteiger charge is 2.34. The zero-order valence-corrected chi connectivity index (χ0v) is 14.0. The van der Waals surface area contributed by atoms with Crippen LogP contribution in [0, 0.1) is 0 Å². The van der Waals surface area contributed by atoms with E-state index in [1.165, 1.54) is 12.0 Å². The summed E-state index contributed by atoms with van der Waals surface area (Å²) in [5, 5.41) is 7.63. The highest BCUT2D eigenvalue weighted by Crippen LogP contribution is 2.30. The van der Waals surface area contributed by atoms with Crippen LogP contribution in [0.5, 0.6) is 5.75 Å². The first-order valence-corrected chi connectivity index (χ1v) is 8.02. The zero-order chi connectivity index (χ0) is 18.7. The molecule has 1 N–H and O–H groups in total. The summed E-state index contributed by atoms with van der Waals surface area (Å²) in [7, 11) is 1.52. The van der Waals surface area contributed by atoms with E-state index in [9.17, 15) is 18.0 Å². The van der Waals surface area contributed by atoms with Crippen LogP contribution in [0.4, 0.5) is 23.8 Å². The van der Waals surface area contributed by atoms with Crippen LogP contribution in [0.15, 0.2) is 18.2 Å². The molecule has 1 amide bonds. The maximum absolute atomic E-state index is 12.1. The SMILES string of the molecule is COCC1CN(c2n[nH]c3cc(OCCCC(F)(F)F)ccc23)C(=O)O1. The average molecular weight is 373 g/mol. The fraction of sp³-hybridized carbons (Fsp3) is 0.500. The smallest absolute Gasteiger partial charge is 0.416 e. The molecule has 1 unspecified atom stereocenters. The minimum atomic E-state index is -4.18. The van der Waals surface area contributed by atoms with E-state index in [0.717, 1.165) is 0 Å². The summed E-state index contributed by atoms with van der Waals surface area (Å²) in [6.45, 7) is 0.575. The van der Waals surface area contributed by atoms with Crippen molar-refractivity contribution in [2.24, 2.45) is 0 Å². The van der Waals surface area contributed by atoms with Gasteiger partial charge in [-0.05, 0) is 18.6 Å². The van der Waals surface area contributed by atoms with Crippen molar-refractivity contribution < 1.29 is 32.2 Å². The number of nitrogens with one attached hydrogen (secondary N) is 1. The number of H-pyrrole nitrogens is 1. The van der Waals surface area contributed by atoms with Gasteiger partial charge in [-0.15, -0.1) is 0 Å². The molecule has 7 nitrogen and oxygen atoms in total. The lowest BCUT2D eigenvalue weighted by Gasteiger charge is -2.10. The number of methoxy groups -OCH3 is 1. The standard InChI is InChI=1S/C16H18F3N3O4/c1-24-9-11-8-22(15(23)26-11)14-12-4-3-10(7-13(12)20-21-14)25-6-2-5-16(17,18)19/h3-4,7,11H,2,5-6,8-9H2,1H3,(H,20,21). The number of alkyl halides is 3. The topological polar surface area (TPSA) is 76.7 Å². The van der Waals surface area contributed by atoms with Gasteiger partial charge < -0.3 is 14.2 Å². The molecule has 0 saturated carbocycles. The van der Waals surface area contributed by atoms with Crippen molar-refractivity contribution in [1.82, 2.24) is 10.2 Å². The largest absolute Gasteiger partial charge is 0.494 e. The summed E-state index contributed by atoms with van der Waals surface area (Å²) in [5.41, 5.74) is 0.608. The highest BCUT2D eigenvalue weighted by molar-refractivity contribution is 6.00. The van der Waals surface area contributed by atoms with Gasteiger partial charge in [0.15, 0.2) is 5.82 Å². The fourth-order valence-corrected chi connectivity index (χ4v) is 2.71. The Morgan fingerprint density at radius 3 is 2.96 bits per heavy atom. The zero-order valence-electron chi connectivity index (χ0n) is 14.0. The van der Waals surface area contributed by atoms with Crippen LogP contribution in [-0.4, -0.2) is 55.4 Å². The lowest BCUT2D eigenvalue weighted by molar-refractivity contribution is -0.136. The monoisotopic (exact) mass is 373 g/mol. The molecule has 142 valence electrons. The van der Waals surface area contributed by atoms with Gasteiger partial charge in [-0.2, -0.15) is 18.3 Å². The molecule has 10 heteroatoms. The first-order valence-electron chi connectivity index (χ1n) is 8.02. The molecule has 26 heavy (non-hydrogen) atoms. The van der Waals surface area contributed by atoms with Crippen LogP contribution in [-0.2, 0) is 9.47 Å². The van der Waals surface area contributed by atoms with Gasteiger partial charge in [-0.1, -0.05) is 0 Å². The van der Waals surface area contributed by atoms with Gasteiger partial charge in [0.2, 0.25) is 0 Å². The van der Waals surface area contributed by atoms with E-state index in [1.54, 1.807) is 18.2 Å². The van der Waals surface area contributed by atoms with E-state index in [1.807, 2.05) is 0 Å². The van der Waals surface area contributed by atoms with Crippen LogP contribution in [0.3, 0.4) is 0 Å². The molecule has 1 aliphatic heterocycles. The first-order chi connectivity index (χ1) is 12.4. The van der Waals surface area contributed by atoms with Gasteiger partial charge in [0.05, 0.1) is 25.3 Å². The molecule has 1 atom stereocenters. The molecule has 1 fully saturated rings. The number of anilines is 1. The molecule has 0 bridgehead atoms. The Morgan fingerprint density at radius 1 is 1.42 bits per heavy atom. The second kappa shape index (κ2) is 7.40. The van der Waals surface area contributed by atoms with E-state index < -0.39 is 18.7 Å². The molecule has 1 aliphatic rings. The number of halogens is 3. The number of hydrogen-bond donors (Lipinski definition) is 1. The summed E-state index contributed by atoms with van der Waals surface area (Å²) in [5.74, 6) is 0.850. The number of aromatic nitrogens is 2. The third-order valence-electron chi connectivity index (χ3n) is 3.87. The number of nitrogens with zero attached hydrogens (tertiary/aromatic N) is 2. The maximum atomic E-state index is 12.1. The minimum Gasteiger partial charge on any atom is -0.494 e. The average Bonchev–Trinajstić information content (AvgIpc) is 3.14. The lowest BCUT2D eigenvalue weighted by atomic mass is 10.2. The van der Waals surface area contributed by atoms with Crippen molar-refractivity contribution in [3.63, 3.8) is 0 Å². The third-order valence-corrected chi connectivity index (χ3v) is 3.87. The van der Waals surface area contributed by atoms with Crippen LogP contribution in [0.2, 0.25) is 0 Å². The van der Waals surface area contributed by atoms with Crippen LogP contribution >= 0.6 is 0 Å². The Bertz CT molecular complexity index is 778. The van der Waals surface area contributed by atoms with E-state index in [4.69, 9.17) is 14.2 Å². The maximum Gasteiger partial charge on any atom is 0.416 e. The molecule has 2 heterocycles. The van der Waals surface area contributed by atoms with Gasteiger partial charge in [0, 0.05) is 25.0 Å². The summed E-state index contributed by atoms with van der Waals surface area (Å²) in [6.07, 6.45) is -6.06. The van der Waals surface area contributed by atoms with Gasteiger partial charge in [0.25, 0.3) is 0 Å². The van der Waals surface area contributed by atoms with E-state index >= 15 is 0 Å². The number of carbonyl (C=O) groups excluding carboxylic acids is 1. The Hall–Kier alpha value is -2.49. The van der Waals surface area contributed by atoms with E-state index in [0.29, 0.717) is 35.6 Å². The van der Waals surface area contributed by atoms with Gasteiger partial charge in [-0.3, -0.25) is 10.00 Å². The Morgan fingerprint density at radius 2 is 2.23 bits per heavy atom. The third kappa shape index (κ3) is 4.18. The number of cyclic esters (lactones) is 1. The Labute approximate surface area is 147 Å². The number of ether oxygens (including phenoxy) is 3. The van der Waals surface area contributed by atoms with Crippen molar-refractivity contribution in [2.45, 2.75) is 25.1 Å². The number of rotatable bonds is 7. The molecule has 0 radical (unpaired) electrons. The molecule has 3 rings (SSSR count). The summed E-state index contributed by atoms with van der Waals surface area (Å²) < 4.78 is 51.9. The van der Waals surface area contributed by atoms with E-state index in [-0.39, 0.29) is 19.1 Å². The van der Waals surface area contributed by atoms with Gasteiger partial charge >= 0.3 is 12.3 Å². The second-order valence-corrected chi connectivity index (χ2v) is 5.89. The molecular formula is C16H18F3N3O4. The normalized spacial score (nSPS) is 17.8. The molecule has 1 aromatic heterocycles. The van der Waals surface area contributed by atoms with Crippen LogP contribution in [0.25, 0.3) is 10.9 Å². The number of amides is 1. The summed E-state index contributed by atoms with van der Waals surface area (Å²) in [4.78, 5) is 13.4. The van der Waals surface area contributed by atoms with Crippen molar-refractivity contribution in [2.75, 3.05) is 31.8 Å². The van der Waals surface area contributed by atoms with Crippen molar-refractivity contribution in [3.05, 3.63) is 18.2 Å². The van der Waals surface area contributed by atoms with E-state index in [2.05, 4.69) is 10.2 Å². The molecule has 1 saturated heterocycles. The number of fused-ring (bicyclic) bond motifs is 1. The van der Waals surface area contributed by atoms with Gasteiger partial charge in [0.1, 0.15) is 11.9 Å². The Balaban J connectivity index is 1.67. The molecule has 0 aliphatic carbocycles. The Kier molecular flexibility index (Phi) is 5.21.